The molecular weight excluding hydrogens is 344 g/mol. The highest BCUT2D eigenvalue weighted by atomic mass is 35.5. The summed E-state index contributed by atoms with van der Waals surface area (Å²) in [5.41, 5.74) is 0.595. The van der Waals surface area contributed by atoms with Crippen LogP contribution in [0.4, 0.5) is 5.69 Å². The first kappa shape index (κ1) is 17.0. The zero-order valence-corrected chi connectivity index (χ0v) is 14.4. The molecule has 0 radical (unpaired) electrons. The Hall–Kier alpha value is -1.41. The first-order chi connectivity index (χ1) is 10.3. The number of rotatable bonds is 5. The largest absolute Gasteiger partial charge is 0.321 e. The van der Waals surface area contributed by atoms with Gasteiger partial charge in [0.05, 0.1) is 9.77 Å². The smallest absolute Gasteiger partial charge is 0.265 e. The third-order valence-corrected chi connectivity index (χ3v) is 6.30. The topological polar surface area (TPSA) is 66.5 Å². The van der Waals surface area contributed by atoms with Crippen LogP contribution < -0.4 is 5.32 Å². The molecule has 0 aliphatic rings. The number of sulfonamides is 1. The number of amides is 1. The number of nitrogens with zero attached hydrogens (tertiary/aromatic N) is 1. The molecule has 0 atom stereocenters. The molecule has 0 spiro atoms. The Kier molecular flexibility index (Phi) is 5.23. The van der Waals surface area contributed by atoms with E-state index in [1.54, 1.807) is 31.2 Å². The zero-order valence-electron chi connectivity index (χ0n) is 12.0. The lowest BCUT2D eigenvalue weighted by molar-refractivity contribution is 0.103. The van der Waals surface area contributed by atoms with Gasteiger partial charge in [-0.05, 0) is 30.3 Å². The third-order valence-electron chi connectivity index (χ3n) is 3.05. The van der Waals surface area contributed by atoms with E-state index in [0.29, 0.717) is 22.1 Å². The van der Waals surface area contributed by atoms with Crippen LogP contribution in [0.2, 0.25) is 5.02 Å². The molecule has 118 valence electrons. The van der Waals surface area contributed by atoms with Crippen molar-refractivity contribution >= 4 is 44.6 Å². The van der Waals surface area contributed by atoms with E-state index in [1.165, 1.54) is 22.8 Å². The maximum Gasteiger partial charge on any atom is 0.265 e. The minimum Gasteiger partial charge on any atom is -0.321 e. The summed E-state index contributed by atoms with van der Waals surface area (Å²) in [4.78, 5) is 12.6. The summed E-state index contributed by atoms with van der Waals surface area (Å²) in [5.74, 6) is -0.354. The van der Waals surface area contributed by atoms with Gasteiger partial charge in [-0.1, -0.05) is 18.5 Å². The Morgan fingerprint density at radius 2 is 1.95 bits per heavy atom. The Labute approximate surface area is 138 Å². The minimum absolute atomic E-state index is 0.128. The monoisotopic (exact) mass is 358 g/mol. The molecule has 1 amide bonds. The number of carbonyl (C=O) groups excluding carboxylic acids is 1. The maximum atomic E-state index is 12.2. The highest BCUT2D eigenvalue weighted by Gasteiger charge is 2.22. The second-order valence-electron chi connectivity index (χ2n) is 4.53. The lowest BCUT2D eigenvalue weighted by Gasteiger charge is -2.12. The number of carbonyl (C=O) groups is 1. The Morgan fingerprint density at radius 3 is 2.55 bits per heavy atom. The number of hydrogen-bond acceptors (Lipinski definition) is 4. The first-order valence-electron chi connectivity index (χ1n) is 6.46. The fourth-order valence-electron chi connectivity index (χ4n) is 1.65. The van der Waals surface area contributed by atoms with E-state index in [1.807, 2.05) is 0 Å². The molecule has 0 fully saturated rings. The Balaban J connectivity index is 2.17. The molecule has 1 aromatic heterocycles. The van der Waals surface area contributed by atoms with Gasteiger partial charge in [-0.25, -0.2) is 12.7 Å². The van der Waals surface area contributed by atoms with Crippen LogP contribution in [0.3, 0.4) is 0 Å². The van der Waals surface area contributed by atoms with Crippen molar-refractivity contribution in [1.29, 1.82) is 0 Å². The molecule has 22 heavy (non-hydrogen) atoms. The van der Waals surface area contributed by atoms with E-state index in [-0.39, 0.29) is 10.8 Å². The average molecular weight is 359 g/mol. The van der Waals surface area contributed by atoms with Crippen molar-refractivity contribution in [2.45, 2.75) is 11.8 Å². The van der Waals surface area contributed by atoms with Crippen molar-refractivity contribution in [3.8, 4) is 0 Å². The molecule has 5 nitrogen and oxygen atoms in total. The van der Waals surface area contributed by atoms with Gasteiger partial charge in [0.25, 0.3) is 5.91 Å². The molecule has 0 saturated carbocycles. The summed E-state index contributed by atoms with van der Waals surface area (Å²) in [6.45, 7) is 2.11. The van der Waals surface area contributed by atoms with Gasteiger partial charge in [0.15, 0.2) is 0 Å². The second kappa shape index (κ2) is 6.78. The summed E-state index contributed by atoms with van der Waals surface area (Å²) in [7, 11) is -2.03. The van der Waals surface area contributed by atoms with E-state index in [0.717, 1.165) is 11.3 Å². The number of benzene rings is 1. The van der Waals surface area contributed by atoms with E-state index in [4.69, 9.17) is 11.6 Å². The van der Waals surface area contributed by atoms with Crippen LogP contribution in [0.5, 0.6) is 0 Å². The summed E-state index contributed by atoms with van der Waals surface area (Å²) < 4.78 is 25.6. The molecule has 1 N–H and O–H groups in total. The van der Waals surface area contributed by atoms with Gasteiger partial charge >= 0.3 is 0 Å². The summed E-state index contributed by atoms with van der Waals surface area (Å²) >= 11 is 6.87. The second-order valence-corrected chi connectivity index (χ2v) is 7.92. The molecule has 8 heteroatoms. The molecule has 0 aliphatic carbocycles. The van der Waals surface area contributed by atoms with Gasteiger partial charge in [-0.2, -0.15) is 0 Å². The third kappa shape index (κ3) is 3.67. The van der Waals surface area contributed by atoms with Crippen LogP contribution in [0.25, 0.3) is 0 Å². The zero-order chi connectivity index (χ0) is 16.3. The molecule has 0 aliphatic heterocycles. The average Bonchev–Trinajstić information content (AvgIpc) is 2.99. The van der Waals surface area contributed by atoms with E-state index in [2.05, 4.69) is 5.32 Å². The predicted octanol–water partition coefficient (Wildman–Crippen LogP) is 3.29. The lowest BCUT2D eigenvalue weighted by Crippen LogP contribution is -2.26. The van der Waals surface area contributed by atoms with Crippen LogP contribution in [-0.2, 0) is 10.0 Å². The van der Waals surface area contributed by atoms with Gasteiger partial charge in [-0.15, -0.1) is 11.3 Å². The Morgan fingerprint density at radius 1 is 1.32 bits per heavy atom. The summed E-state index contributed by atoms with van der Waals surface area (Å²) in [6.07, 6.45) is 0. The number of nitrogens with one attached hydrogen (secondary N) is 1. The summed E-state index contributed by atoms with van der Waals surface area (Å²) in [5, 5.41) is 4.74. The Bertz CT molecular complexity index is 770. The molecular formula is C14H15ClN2O3S2. The normalized spacial score (nSPS) is 11.6. The van der Waals surface area contributed by atoms with Crippen molar-refractivity contribution in [1.82, 2.24) is 4.31 Å². The quantitative estimate of drug-likeness (QED) is 0.891. The van der Waals surface area contributed by atoms with E-state index in [9.17, 15) is 13.2 Å². The molecule has 0 saturated heterocycles. The van der Waals surface area contributed by atoms with Crippen molar-refractivity contribution in [3.63, 3.8) is 0 Å². The number of halogens is 1. The number of thiophene rings is 1. The first-order valence-corrected chi connectivity index (χ1v) is 9.16. The fourth-order valence-corrected chi connectivity index (χ4v) is 4.11. The summed E-state index contributed by atoms with van der Waals surface area (Å²) in [6, 6.07) is 8.07. The van der Waals surface area contributed by atoms with Gasteiger partial charge in [0.1, 0.15) is 0 Å². The van der Waals surface area contributed by atoms with Crippen molar-refractivity contribution in [2.75, 3.05) is 18.9 Å². The SMILES string of the molecule is CCN(C)S(=O)(=O)c1csc(C(=O)Nc2ccc(Cl)cc2)c1. The number of hydrogen-bond donors (Lipinski definition) is 1. The fraction of sp³-hybridized carbons (Fsp3) is 0.214. The van der Waals surface area contributed by atoms with E-state index >= 15 is 0 Å². The van der Waals surface area contributed by atoms with Crippen LogP contribution in [0, 0.1) is 0 Å². The van der Waals surface area contributed by atoms with Gasteiger partial charge in [-0.3, -0.25) is 4.79 Å². The molecule has 0 unspecified atom stereocenters. The predicted molar refractivity (Wildman–Crippen MR) is 89.2 cm³/mol. The minimum atomic E-state index is -3.53. The van der Waals surface area contributed by atoms with Crippen molar-refractivity contribution < 1.29 is 13.2 Å². The maximum absolute atomic E-state index is 12.2. The van der Waals surface area contributed by atoms with Crippen molar-refractivity contribution in [2.24, 2.45) is 0 Å². The standard InChI is InChI=1S/C14H15ClN2O3S2/c1-3-17(2)22(19,20)12-8-13(21-9-12)14(18)16-11-6-4-10(15)5-7-11/h4-9H,3H2,1-2H3,(H,16,18). The molecule has 1 heterocycles. The van der Waals surface area contributed by atoms with Gasteiger partial charge in [0.2, 0.25) is 10.0 Å². The highest BCUT2D eigenvalue weighted by molar-refractivity contribution is 7.89. The van der Waals surface area contributed by atoms with Crippen molar-refractivity contribution in [3.05, 3.63) is 45.6 Å². The number of anilines is 1. The molecule has 2 rings (SSSR count). The lowest BCUT2D eigenvalue weighted by atomic mass is 10.3. The van der Waals surface area contributed by atoms with Gasteiger partial charge in [0, 0.05) is 29.7 Å². The van der Waals surface area contributed by atoms with Gasteiger partial charge < -0.3 is 5.32 Å². The van der Waals surface area contributed by atoms with Crippen LogP contribution in [0.15, 0.2) is 40.6 Å². The van der Waals surface area contributed by atoms with Crippen LogP contribution in [-0.4, -0.2) is 32.2 Å². The molecule has 2 aromatic rings. The van der Waals surface area contributed by atoms with E-state index < -0.39 is 10.0 Å². The van der Waals surface area contributed by atoms with Crippen LogP contribution in [0.1, 0.15) is 16.6 Å². The highest BCUT2D eigenvalue weighted by Crippen LogP contribution is 2.23. The van der Waals surface area contributed by atoms with Crippen LogP contribution >= 0.6 is 22.9 Å². The molecule has 0 bridgehead atoms. The molecule has 1 aromatic carbocycles.